The second-order valence-corrected chi connectivity index (χ2v) is 8.97. The molecule has 0 N–H and O–H groups in total. The number of carbonyl (C=O) groups excluding carboxylic acids is 1. The second-order valence-electron chi connectivity index (χ2n) is 7.17. The molecule has 2 heterocycles. The maximum atomic E-state index is 12.8. The number of halogens is 1. The summed E-state index contributed by atoms with van der Waals surface area (Å²) in [5.41, 5.74) is 1.21. The van der Waals surface area contributed by atoms with Crippen LogP contribution in [0.3, 0.4) is 0 Å². The zero-order chi connectivity index (χ0) is 19.9. The molecule has 0 bridgehead atoms. The van der Waals surface area contributed by atoms with Gasteiger partial charge in [-0.15, -0.1) is 11.3 Å². The maximum Gasteiger partial charge on any atom is 0.223 e. The van der Waals surface area contributed by atoms with Crippen molar-refractivity contribution in [2.24, 2.45) is 0 Å². The molecule has 0 aliphatic carbocycles. The van der Waals surface area contributed by atoms with Crippen molar-refractivity contribution >= 4 is 28.8 Å². The molecular weight excluding hydrogens is 394 g/mol. The van der Waals surface area contributed by atoms with Crippen LogP contribution in [0.25, 0.3) is 0 Å². The number of methoxy groups -OCH3 is 2. The van der Waals surface area contributed by atoms with Gasteiger partial charge in [-0.2, -0.15) is 0 Å². The van der Waals surface area contributed by atoms with Gasteiger partial charge in [0.25, 0.3) is 0 Å². The van der Waals surface area contributed by atoms with Gasteiger partial charge in [0, 0.05) is 23.9 Å². The van der Waals surface area contributed by atoms with Crippen LogP contribution < -0.4 is 9.47 Å². The minimum atomic E-state index is 0.265. The van der Waals surface area contributed by atoms with Crippen molar-refractivity contribution in [3.8, 4) is 11.5 Å². The Morgan fingerprint density at radius 3 is 2.68 bits per heavy atom. The van der Waals surface area contributed by atoms with E-state index in [9.17, 15) is 4.79 Å². The summed E-state index contributed by atoms with van der Waals surface area (Å²) in [6.07, 6.45) is 6.62. The first-order chi connectivity index (χ1) is 13.6. The summed E-state index contributed by atoms with van der Waals surface area (Å²) < 4.78 is 11.5. The van der Waals surface area contributed by atoms with Crippen LogP contribution in [0.1, 0.15) is 42.5 Å². The van der Waals surface area contributed by atoms with Crippen molar-refractivity contribution in [1.82, 2.24) is 4.90 Å². The fourth-order valence-corrected chi connectivity index (χ4v) is 4.95. The molecule has 1 aliphatic heterocycles. The third kappa shape index (κ3) is 5.42. The van der Waals surface area contributed by atoms with Gasteiger partial charge in [-0.05, 0) is 68.4 Å². The molecule has 152 valence electrons. The van der Waals surface area contributed by atoms with Gasteiger partial charge in [-0.1, -0.05) is 17.7 Å². The van der Waals surface area contributed by atoms with E-state index in [-0.39, 0.29) is 5.91 Å². The molecule has 1 aromatic heterocycles. The summed E-state index contributed by atoms with van der Waals surface area (Å²) in [7, 11) is 3.30. The molecule has 1 aromatic carbocycles. The second kappa shape index (κ2) is 10.2. The summed E-state index contributed by atoms with van der Waals surface area (Å²) >= 11 is 7.56. The van der Waals surface area contributed by atoms with Crippen molar-refractivity contribution in [2.45, 2.75) is 51.0 Å². The SMILES string of the molecule is COc1ccc(CCC2CCCCN2C(=O)CCc2ccc(Cl)s2)cc1OC. The number of aryl methyl sites for hydroxylation is 2. The molecule has 28 heavy (non-hydrogen) atoms. The molecule has 1 unspecified atom stereocenters. The largest absolute Gasteiger partial charge is 0.493 e. The molecule has 1 saturated heterocycles. The van der Waals surface area contributed by atoms with Gasteiger partial charge >= 0.3 is 0 Å². The molecule has 0 radical (unpaired) electrons. The smallest absolute Gasteiger partial charge is 0.223 e. The Bertz CT molecular complexity index is 792. The van der Waals surface area contributed by atoms with Gasteiger partial charge in [-0.25, -0.2) is 0 Å². The first-order valence-corrected chi connectivity index (χ1v) is 11.0. The number of hydrogen-bond donors (Lipinski definition) is 0. The van der Waals surface area contributed by atoms with Crippen molar-refractivity contribution < 1.29 is 14.3 Å². The molecule has 1 aliphatic rings. The van der Waals surface area contributed by atoms with Gasteiger partial charge in [0.15, 0.2) is 11.5 Å². The quantitative estimate of drug-likeness (QED) is 0.575. The van der Waals surface area contributed by atoms with Crippen molar-refractivity contribution in [1.29, 1.82) is 0 Å². The topological polar surface area (TPSA) is 38.8 Å². The Morgan fingerprint density at radius 2 is 1.96 bits per heavy atom. The van der Waals surface area contributed by atoms with Crippen LogP contribution in [0.4, 0.5) is 0 Å². The maximum absolute atomic E-state index is 12.8. The fourth-order valence-electron chi connectivity index (χ4n) is 3.86. The van der Waals surface area contributed by atoms with E-state index in [1.54, 1.807) is 25.6 Å². The zero-order valence-electron chi connectivity index (χ0n) is 16.6. The van der Waals surface area contributed by atoms with Crippen LogP contribution in [-0.4, -0.2) is 37.6 Å². The van der Waals surface area contributed by atoms with E-state index in [1.807, 2.05) is 24.3 Å². The van der Waals surface area contributed by atoms with E-state index in [0.29, 0.717) is 12.5 Å². The first-order valence-electron chi connectivity index (χ1n) is 9.85. The Hall–Kier alpha value is -1.72. The van der Waals surface area contributed by atoms with E-state index < -0.39 is 0 Å². The van der Waals surface area contributed by atoms with E-state index in [1.165, 1.54) is 16.9 Å². The van der Waals surface area contributed by atoms with Crippen LogP contribution in [0.15, 0.2) is 30.3 Å². The zero-order valence-corrected chi connectivity index (χ0v) is 18.2. The van der Waals surface area contributed by atoms with Gasteiger partial charge in [0.1, 0.15) is 0 Å². The van der Waals surface area contributed by atoms with Gasteiger partial charge in [-0.3, -0.25) is 4.79 Å². The summed E-state index contributed by atoms with van der Waals surface area (Å²) in [5, 5.41) is 0. The minimum absolute atomic E-state index is 0.265. The van der Waals surface area contributed by atoms with Crippen LogP contribution in [0.5, 0.6) is 11.5 Å². The number of piperidine rings is 1. The van der Waals surface area contributed by atoms with E-state index in [4.69, 9.17) is 21.1 Å². The third-order valence-corrected chi connectivity index (χ3v) is 6.67. The number of ether oxygens (including phenoxy) is 2. The van der Waals surface area contributed by atoms with Crippen molar-refractivity contribution in [2.75, 3.05) is 20.8 Å². The highest BCUT2D eigenvalue weighted by Gasteiger charge is 2.26. The monoisotopic (exact) mass is 421 g/mol. The summed E-state index contributed by atoms with van der Waals surface area (Å²) in [5.74, 6) is 1.77. The average molecular weight is 422 g/mol. The lowest BCUT2D eigenvalue weighted by Crippen LogP contribution is -2.44. The van der Waals surface area contributed by atoms with Crippen LogP contribution >= 0.6 is 22.9 Å². The molecule has 1 fully saturated rings. The van der Waals surface area contributed by atoms with E-state index in [2.05, 4.69) is 11.0 Å². The molecule has 1 atom stereocenters. The van der Waals surface area contributed by atoms with Gasteiger partial charge < -0.3 is 14.4 Å². The molecule has 6 heteroatoms. The molecule has 0 spiro atoms. The van der Waals surface area contributed by atoms with Crippen LogP contribution in [-0.2, 0) is 17.6 Å². The Morgan fingerprint density at radius 1 is 1.14 bits per heavy atom. The fraction of sp³-hybridized carbons (Fsp3) is 0.500. The van der Waals surface area contributed by atoms with Crippen LogP contribution in [0, 0.1) is 0 Å². The number of hydrogen-bond acceptors (Lipinski definition) is 4. The number of thiophene rings is 1. The summed E-state index contributed by atoms with van der Waals surface area (Å²) in [4.78, 5) is 16.1. The predicted octanol–water partition coefficient (Wildman–Crippen LogP) is 5.37. The highest BCUT2D eigenvalue weighted by Crippen LogP contribution is 2.29. The third-order valence-electron chi connectivity index (χ3n) is 5.38. The minimum Gasteiger partial charge on any atom is -0.493 e. The van der Waals surface area contributed by atoms with Crippen molar-refractivity contribution in [3.05, 3.63) is 45.1 Å². The van der Waals surface area contributed by atoms with Gasteiger partial charge in [0.05, 0.1) is 18.6 Å². The Kier molecular flexibility index (Phi) is 7.63. The van der Waals surface area contributed by atoms with Crippen LogP contribution in [0.2, 0.25) is 4.34 Å². The van der Waals surface area contributed by atoms with Crippen molar-refractivity contribution in [3.63, 3.8) is 0 Å². The number of benzene rings is 1. The lowest BCUT2D eigenvalue weighted by molar-refractivity contribution is -0.135. The molecule has 0 saturated carbocycles. The average Bonchev–Trinajstić information content (AvgIpc) is 3.15. The number of likely N-dealkylation sites (tertiary alicyclic amines) is 1. The Balaban J connectivity index is 1.57. The summed E-state index contributed by atoms with van der Waals surface area (Å²) in [6, 6.07) is 10.3. The standard InChI is InChI=1S/C22H28ClNO3S/c1-26-19-11-7-16(15-20(19)27-2)6-8-17-5-3-4-14-24(17)22(25)13-10-18-9-12-21(23)28-18/h7,9,11-12,15,17H,3-6,8,10,13-14H2,1-2H3. The van der Waals surface area contributed by atoms with Gasteiger partial charge in [0.2, 0.25) is 5.91 Å². The molecule has 1 amide bonds. The normalized spacial score (nSPS) is 16.8. The summed E-state index contributed by atoms with van der Waals surface area (Å²) in [6.45, 7) is 0.876. The predicted molar refractivity (Wildman–Crippen MR) is 115 cm³/mol. The number of amides is 1. The van der Waals surface area contributed by atoms with E-state index in [0.717, 1.165) is 54.5 Å². The molecule has 3 rings (SSSR count). The lowest BCUT2D eigenvalue weighted by Gasteiger charge is -2.36. The highest BCUT2D eigenvalue weighted by molar-refractivity contribution is 7.16. The number of nitrogens with zero attached hydrogens (tertiary/aromatic N) is 1. The molecule has 4 nitrogen and oxygen atoms in total. The lowest BCUT2D eigenvalue weighted by atomic mass is 9.95. The van der Waals surface area contributed by atoms with E-state index >= 15 is 0 Å². The molecular formula is C22H28ClNO3S. The highest BCUT2D eigenvalue weighted by atomic mass is 35.5. The first kappa shape index (κ1) is 21.0. The Labute approximate surface area is 176 Å². The molecule has 2 aromatic rings. The number of carbonyl (C=O) groups is 1. The number of rotatable bonds is 8.